The molecular weight excluding hydrogens is 310 g/mol. The van der Waals surface area contributed by atoms with Crippen molar-refractivity contribution < 1.29 is 4.74 Å². The molecule has 1 heterocycles. The molecule has 18 heavy (non-hydrogen) atoms. The van der Waals surface area contributed by atoms with Gasteiger partial charge in [-0.15, -0.1) is 11.3 Å². The van der Waals surface area contributed by atoms with E-state index in [0.29, 0.717) is 0 Å². The van der Waals surface area contributed by atoms with Crippen molar-refractivity contribution in [2.75, 3.05) is 7.11 Å². The standard InChI is InChI=1S/C14H16BrNOS/c1-17-14-9-10(15)4-6-12(14)13(16)7-5-11-3-2-8-18-11/h2-4,6,8-9,13H,5,7,16H2,1H3. The minimum atomic E-state index is 0.00940. The fourth-order valence-corrected chi connectivity index (χ4v) is 2.96. The Labute approximate surface area is 120 Å². The summed E-state index contributed by atoms with van der Waals surface area (Å²) in [6, 6.07) is 10.2. The monoisotopic (exact) mass is 325 g/mol. The third-order valence-electron chi connectivity index (χ3n) is 2.88. The van der Waals surface area contributed by atoms with Crippen molar-refractivity contribution in [3.63, 3.8) is 0 Å². The van der Waals surface area contributed by atoms with Crippen LogP contribution in [0.15, 0.2) is 40.2 Å². The van der Waals surface area contributed by atoms with Gasteiger partial charge in [-0.1, -0.05) is 28.1 Å². The molecule has 0 spiro atoms. The smallest absolute Gasteiger partial charge is 0.124 e. The zero-order valence-corrected chi connectivity index (χ0v) is 12.6. The zero-order chi connectivity index (χ0) is 13.0. The Morgan fingerprint density at radius 1 is 1.39 bits per heavy atom. The molecule has 0 saturated heterocycles. The van der Waals surface area contributed by atoms with Gasteiger partial charge in [0, 0.05) is 21.0 Å². The highest BCUT2D eigenvalue weighted by molar-refractivity contribution is 9.10. The largest absolute Gasteiger partial charge is 0.496 e. The van der Waals surface area contributed by atoms with E-state index in [9.17, 15) is 0 Å². The van der Waals surface area contributed by atoms with Gasteiger partial charge in [-0.05, 0) is 36.4 Å². The molecule has 4 heteroatoms. The first-order chi connectivity index (χ1) is 8.70. The van der Waals surface area contributed by atoms with E-state index in [4.69, 9.17) is 10.5 Å². The Hall–Kier alpha value is -0.840. The van der Waals surface area contributed by atoms with Crippen LogP contribution >= 0.6 is 27.3 Å². The number of hydrogen-bond acceptors (Lipinski definition) is 3. The van der Waals surface area contributed by atoms with Crippen LogP contribution in [0.3, 0.4) is 0 Å². The van der Waals surface area contributed by atoms with Gasteiger partial charge in [0.1, 0.15) is 5.75 Å². The van der Waals surface area contributed by atoms with Crippen LogP contribution in [0.25, 0.3) is 0 Å². The van der Waals surface area contributed by atoms with Crippen molar-refractivity contribution >= 4 is 27.3 Å². The molecule has 1 atom stereocenters. The first kappa shape index (κ1) is 13.6. The highest BCUT2D eigenvalue weighted by atomic mass is 79.9. The average Bonchev–Trinajstić information content (AvgIpc) is 2.88. The highest BCUT2D eigenvalue weighted by Crippen LogP contribution is 2.29. The molecule has 2 nitrogen and oxygen atoms in total. The average molecular weight is 326 g/mol. The van der Waals surface area contributed by atoms with Crippen molar-refractivity contribution in [3.8, 4) is 5.75 Å². The lowest BCUT2D eigenvalue weighted by atomic mass is 10.0. The minimum absolute atomic E-state index is 0.00940. The molecule has 0 saturated carbocycles. The number of aryl methyl sites for hydroxylation is 1. The highest BCUT2D eigenvalue weighted by Gasteiger charge is 2.12. The van der Waals surface area contributed by atoms with Gasteiger partial charge in [0.15, 0.2) is 0 Å². The SMILES string of the molecule is COc1cc(Br)ccc1C(N)CCc1cccs1. The zero-order valence-electron chi connectivity index (χ0n) is 10.2. The van der Waals surface area contributed by atoms with E-state index in [2.05, 4.69) is 33.4 Å². The van der Waals surface area contributed by atoms with Crippen molar-refractivity contribution in [1.82, 2.24) is 0 Å². The van der Waals surface area contributed by atoms with Crippen molar-refractivity contribution in [2.24, 2.45) is 5.73 Å². The Morgan fingerprint density at radius 2 is 2.22 bits per heavy atom. The molecule has 1 aromatic carbocycles. The second kappa shape index (κ2) is 6.36. The number of ether oxygens (including phenoxy) is 1. The topological polar surface area (TPSA) is 35.2 Å². The van der Waals surface area contributed by atoms with E-state index >= 15 is 0 Å². The summed E-state index contributed by atoms with van der Waals surface area (Å²) in [4.78, 5) is 1.38. The van der Waals surface area contributed by atoms with Gasteiger partial charge in [0.2, 0.25) is 0 Å². The fraction of sp³-hybridized carbons (Fsp3) is 0.286. The van der Waals surface area contributed by atoms with Gasteiger partial charge in [0.25, 0.3) is 0 Å². The first-order valence-corrected chi connectivity index (χ1v) is 7.49. The lowest BCUT2D eigenvalue weighted by Gasteiger charge is -2.15. The van der Waals surface area contributed by atoms with Gasteiger partial charge >= 0.3 is 0 Å². The molecule has 0 aliphatic heterocycles. The van der Waals surface area contributed by atoms with E-state index in [1.54, 1.807) is 18.4 Å². The molecule has 96 valence electrons. The predicted octanol–water partition coefficient (Wildman–Crippen LogP) is 4.15. The molecule has 0 aliphatic rings. The summed E-state index contributed by atoms with van der Waals surface area (Å²) in [5.74, 6) is 0.850. The van der Waals surface area contributed by atoms with Crippen LogP contribution in [0.2, 0.25) is 0 Å². The maximum absolute atomic E-state index is 6.25. The molecule has 1 unspecified atom stereocenters. The van der Waals surface area contributed by atoms with E-state index in [1.807, 2.05) is 18.2 Å². The molecule has 2 N–H and O–H groups in total. The number of thiophene rings is 1. The molecule has 0 aliphatic carbocycles. The van der Waals surface area contributed by atoms with Crippen LogP contribution in [0, 0.1) is 0 Å². The summed E-state index contributed by atoms with van der Waals surface area (Å²) in [7, 11) is 1.68. The molecule has 2 rings (SSSR count). The van der Waals surface area contributed by atoms with E-state index in [0.717, 1.165) is 28.6 Å². The van der Waals surface area contributed by atoms with Crippen LogP contribution in [0.1, 0.15) is 22.9 Å². The predicted molar refractivity (Wildman–Crippen MR) is 80.3 cm³/mol. The second-order valence-corrected chi connectivity index (χ2v) is 6.06. The summed E-state index contributed by atoms with van der Waals surface area (Å²) in [5.41, 5.74) is 7.31. The third kappa shape index (κ3) is 3.34. The molecule has 2 aromatic rings. The fourth-order valence-electron chi connectivity index (χ4n) is 1.90. The normalized spacial score (nSPS) is 12.4. The molecule has 0 bridgehead atoms. The van der Waals surface area contributed by atoms with Gasteiger partial charge in [0.05, 0.1) is 7.11 Å². The van der Waals surface area contributed by atoms with E-state index in [-0.39, 0.29) is 6.04 Å². The number of hydrogen-bond donors (Lipinski definition) is 1. The quantitative estimate of drug-likeness (QED) is 0.896. The third-order valence-corrected chi connectivity index (χ3v) is 4.31. The summed E-state index contributed by atoms with van der Waals surface area (Å²) >= 11 is 5.22. The summed E-state index contributed by atoms with van der Waals surface area (Å²) in [5, 5.41) is 2.10. The van der Waals surface area contributed by atoms with Crippen molar-refractivity contribution in [1.29, 1.82) is 0 Å². The molecule has 0 fully saturated rings. The summed E-state index contributed by atoms with van der Waals surface area (Å²) < 4.78 is 6.38. The molecular formula is C14H16BrNOS. The van der Waals surface area contributed by atoms with Gasteiger partial charge < -0.3 is 10.5 Å². The lowest BCUT2D eigenvalue weighted by Crippen LogP contribution is -2.12. The van der Waals surface area contributed by atoms with E-state index in [1.165, 1.54) is 4.88 Å². The Morgan fingerprint density at radius 3 is 2.89 bits per heavy atom. The van der Waals surface area contributed by atoms with Crippen LogP contribution < -0.4 is 10.5 Å². The summed E-state index contributed by atoms with van der Waals surface area (Å²) in [6.07, 6.45) is 1.94. The Kier molecular flexibility index (Phi) is 4.80. The van der Waals surface area contributed by atoms with Crippen molar-refractivity contribution in [3.05, 3.63) is 50.6 Å². The maximum Gasteiger partial charge on any atom is 0.124 e. The Balaban J connectivity index is 2.06. The number of methoxy groups -OCH3 is 1. The number of nitrogens with two attached hydrogens (primary N) is 1. The van der Waals surface area contributed by atoms with Crippen LogP contribution in [-0.2, 0) is 6.42 Å². The van der Waals surface area contributed by atoms with Crippen LogP contribution in [-0.4, -0.2) is 7.11 Å². The van der Waals surface area contributed by atoms with Gasteiger partial charge in [-0.3, -0.25) is 0 Å². The van der Waals surface area contributed by atoms with Gasteiger partial charge in [-0.25, -0.2) is 0 Å². The molecule has 1 aromatic heterocycles. The molecule has 0 amide bonds. The number of benzene rings is 1. The lowest BCUT2D eigenvalue weighted by molar-refractivity contribution is 0.404. The molecule has 0 radical (unpaired) electrons. The van der Waals surface area contributed by atoms with Crippen molar-refractivity contribution in [2.45, 2.75) is 18.9 Å². The van der Waals surface area contributed by atoms with E-state index < -0.39 is 0 Å². The Bertz CT molecular complexity index is 499. The first-order valence-electron chi connectivity index (χ1n) is 5.82. The van der Waals surface area contributed by atoms with Crippen LogP contribution in [0.5, 0.6) is 5.75 Å². The minimum Gasteiger partial charge on any atom is -0.496 e. The number of halogens is 1. The maximum atomic E-state index is 6.25. The van der Waals surface area contributed by atoms with Crippen LogP contribution in [0.4, 0.5) is 0 Å². The summed E-state index contributed by atoms with van der Waals surface area (Å²) in [6.45, 7) is 0. The number of rotatable bonds is 5. The van der Waals surface area contributed by atoms with Gasteiger partial charge in [-0.2, -0.15) is 0 Å². The second-order valence-electron chi connectivity index (χ2n) is 4.11.